The van der Waals surface area contributed by atoms with Gasteiger partial charge >= 0.3 is 0 Å². The fourth-order valence-electron chi connectivity index (χ4n) is 2.60. The molecule has 2 rings (SSSR count). The Bertz CT molecular complexity index is 382. The molecule has 2 aliphatic rings. The molecule has 136 valence electrons. The summed E-state index contributed by atoms with van der Waals surface area (Å²) in [5.74, 6) is 0. The second-order valence-electron chi connectivity index (χ2n) is 5.53. The molecule has 23 heavy (non-hydrogen) atoms. The van der Waals surface area contributed by atoms with Gasteiger partial charge in [0.1, 0.15) is 48.8 Å². The fourth-order valence-corrected chi connectivity index (χ4v) is 2.60. The lowest BCUT2D eigenvalue weighted by Gasteiger charge is -2.27. The lowest BCUT2D eigenvalue weighted by atomic mass is 10.1. The highest BCUT2D eigenvalue weighted by atomic mass is 16.7. The van der Waals surface area contributed by atoms with Gasteiger partial charge in [0.25, 0.3) is 0 Å². The molecule has 10 atom stereocenters. The van der Waals surface area contributed by atoms with E-state index < -0.39 is 74.6 Å². The lowest BCUT2D eigenvalue weighted by Crippen LogP contribution is -2.46. The van der Waals surface area contributed by atoms with Gasteiger partial charge in [0, 0.05) is 0 Å². The Morgan fingerprint density at radius 2 is 1.39 bits per heavy atom. The molecule has 0 spiro atoms. The summed E-state index contributed by atoms with van der Waals surface area (Å²) in [7, 11) is 0. The molecular weight excluding hydrogens is 320 g/mol. The zero-order valence-electron chi connectivity index (χ0n) is 12.0. The van der Waals surface area contributed by atoms with E-state index in [-0.39, 0.29) is 0 Å². The van der Waals surface area contributed by atoms with E-state index in [9.17, 15) is 35.7 Å². The van der Waals surface area contributed by atoms with Crippen molar-refractivity contribution in [3.05, 3.63) is 0 Å². The monoisotopic (exact) mass is 342 g/mol. The zero-order valence-corrected chi connectivity index (χ0v) is 12.0. The molecule has 0 bridgehead atoms. The van der Waals surface area contributed by atoms with Gasteiger partial charge in [-0.2, -0.15) is 0 Å². The van der Waals surface area contributed by atoms with Crippen molar-refractivity contribution in [3.63, 3.8) is 0 Å². The summed E-state index contributed by atoms with van der Waals surface area (Å²) in [5.41, 5.74) is 0. The Labute approximate surface area is 130 Å². The first-order chi connectivity index (χ1) is 10.8. The minimum absolute atomic E-state index is 0.711. The number of ether oxygens (including phenoxy) is 3. The van der Waals surface area contributed by atoms with Crippen molar-refractivity contribution in [2.24, 2.45) is 0 Å². The average Bonchev–Trinajstić information content (AvgIpc) is 2.96. The van der Waals surface area contributed by atoms with Crippen molar-refractivity contribution in [3.8, 4) is 0 Å². The highest BCUT2D eigenvalue weighted by molar-refractivity contribution is 4.94. The van der Waals surface area contributed by atoms with Crippen LogP contribution < -0.4 is 0 Å². The van der Waals surface area contributed by atoms with Crippen molar-refractivity contribution in [2.45, 2.75) is 61.4 Å². The third-order valence-corrected chi connectivity index (χ3v) is 3.95. The van der Waals surface area contributed by atoms with Gasteiger partial charge in [-0.3, -0.25) is 0 Å². The van der Waals surface area contributed by atoms with Crippen LogP contribution in [0.15, 0.2) is 0 Å². The predicted molar refractivity (Wildman–Crippen MR) is 68.6 cm³/mol. The number of aliphatic hydroxyl groups excluding tert-OH is 8. The van der Waals surface area contributed by atoms with E-state index in [1.807, 2.05) is 0 Å². The van der Waals surface area contributed by atoms with Crippen LogP contribution in [0.25, 0.3) is 0 Å². The maximum absolute atomic E-state index is 9.85. The minimum Gasteiger partial charge on any atom is -0.394 e. The van der Waals surface area contributed by atoms with Gasteiger partial charge in [-0.05, 0) is 0 Å². The highest BCUT2D eigenvalue weighted by Gasteiger charge is 2.51. The molecule has 2 unspecified atom stereocenters. The number of hydrogen-bond acceptors (Lipinski definition) is 11. The summed E-state index contributed by atoms with van der Waals surface area (Å²) in [4.78, 5) is 0. The van der Waals surface area contributed by atoms with Crippen LogP contribution in [0.4, 0.5) is 0 Å². The van der Waals surface area contributed by atoms with Crippen LogP contribution in [-0.2, 0) is 14.2 Å². The topological polar surface area (TPSA) is 190 Å². The molecule has 8 N–H and O–H groups in total. The standard InChI is InChI=1S/C12H22O11/c13-1-3(15)9-6(17)8(19)12(23-9)21-4(2-14)10-5(16)7(18)11(20)22-10/h3-20H,1-2H2/t3?,4?,5-,6-,7-,8-,9+,10+,11-,12-/m1/s1. The maximum Gasteiger partial charge on any atom is 0.187 e. The van der Waals surface area contributed by atoms with Crippen molar-refractivity contribution < 1.29 is 55.1 Å². The van der Waals surface area contributed by atoms with Crippen molar-refractivity contribution in [1.29, 1.82) is 0 Å². The Balaban J connectivity index is 2.02. The minimum atomic E-state index is -1.67. The molecule has 11 heteroatoms. The van der Waals surface area contributed by atoms with Gasteiger partial charge in [-0.25, -0.2) is 0 Å². The van der Waals surface area contributed by atoms with Gasteiger partial charge < -0.3 is 55.1 Å². The first-order valence-corrected chi connectivity index (χ1v) is 7.08. The molecule has 2 heterocycles. The molecule has 0 aromatic carbocycles. The fraction of sp³-hybridized carbons (Fsp3) is 1.00. The van der Waals surface area contributed by atoms with E-state index in [0.29, 0.717) is 0 Å². The van der Waals surface area contributed by atoms with Gasteiger partial charge in [0.15, 0.2) is 12.6 Å². The zero-order chi connectivity index (χ0) is 17.3. The van der Waals surface area contributed by atoms with Crippen LogP contribution in [-0.4, -0.2) is 115 Å². The molecule has 0 amide bonds. The van der Waals surface area contributed by atoms with E-state index >= 15 is 0 Å². The molecule has 0 aliphatic carbocycles. The molecule has 0 aromatic heterocycles. The largest absolute Gasteiger partial charge is 0.394 e. The SMILES string of the molecule is OCC(O[C@@H]1O[C@@H](C(O)CO)[C@H](O)[C@H]1O)[C@@H]1O[C@@H](O)[C@H](O)[C@H]1O. The predicted octanol–water partition coefficient (Wildman–Crippen LogP) is -5.40. The van der Waals surface area contributed by atoms with E-state index in [1.165, 1.54) is 0 Å². The quantitative estimate of drug-likeness (QED) is 0.230. The Kier molecular flexibility index (Phi) is 6.27. The molecular formula is C12H22O11. The summed E-state index contributed by atoms with van der Waals surface area (Å²) in [5, 5.41) is 75.8. The molecule has 11 nitrogen and oxygen atoms in total. The van der Waals surface area contributed by atoms with Crippen molar-refractivity contribution in [1.82, 2.24) is 0 Å². The summed E-state index contributed by atoms with van der Waals surface area (Å²) in [6.45, 7) is -1.43. The summed E-state index contributed by atoms with van der Waals surface area (Å²) >= 11 is 0. The smallest absolute Gasteiger partial charge is 0.187 e. The van der Waals surface area contributed by atoms with E-state index in [4.69, 9.17) is 19.3 Å². The van der Waals surface area contributed by atoms with Gasteiger partial charge in [0.2, 0.25) is 0 Å². The number of hydrogen-bond donors (Lipinski definition) is 8. The van der Waals surface area contributed by atoms with E-state index in [1.54, 1.807) is 0 Å². The lowest BCUT2D eigenvalue weighted by molar-refractivity contribution is -0.239. The molecule has 2 aliphatic heterocycles. The van der Waals surface area contributed by atoms with Crippen molar-refractivity contribution in [2.75, 3.05) is 13.2 Å². The Hall–Kier alpha value is -0.440. The molecule has 0 saturated carbocycles. The van der Waals surface area contributed by atoms with Gasteiger partial charge in [0.05, 0.1) is 13.2 Å². The second-order valence-corrected chi connectivity index (χ2v) is 5.53. The number of aliphatic hydroxyl groups is 8. The first-order valence-electron chi connectivity index (χ1n) is 7.08. The molecule has 2 fully saturated rings. The Morgan fingerprint density at radius 1 is 0.783 bits per heavy atom. The van der Waals surface area contributed by atoms with Gasteiger partial charge in [-0.15, -0.1) is 0 Å². The van der Waals surface area contributed by atoms with Crippen LogP contribution >= 0.6 is 0 Å². The average molecular weight is 342 g/mol. The van der Waals surface area contributed by atoms with Crippen molar-refractivity contribution >= 4 is 0 Å². The third kappa shape index (κ3) is 3.65. The van der Waals surface area contributed by atoms with Crippen LogP contribution in [0.5, 0.6) is 0 Å². The van der Waals surface area contributed by atoms with Crippen LogP contribution in [0.1, 0.15) is 0 Å². The number of rotatable bonds is 6. The van der Waals surface area contributed by atoms with E-state index in [2.05, 4.69) is 0 Å². The molecule has 2 saturated heterocycles. The van der Waals surface area contributed by atoms with Crippen LogP contribution in [0.2, 0.25) is 0 Å². The van der Waals surface area contributed by atoms with Gasteiger partial charge in [-0.1, -0.05) is 0 Å². The second kappa shape index (κ2) is 7.63. The normalized spacial score (nSPS) is 47.0. The van der Waals surface area contributed by atoms with Crippen LogP contribution in [0.3, 0.4) is 0 Å². The molecule has 0 aromatic rings. The Morgan fingerprint density at radius 3 is 1.87 bits per heavy atom. The van der Waals surface area contributed by atoms with E-state index in [0.717, 1.165) is 0 Å². The summed E-state index contributed by atoms with van der Waals surface area (Å²) in [6.07, 6.45) is -14.8. The summed E-state index contributed by atoms with van der Waals surface area (Å²) < 4.78 is 15.2. The summed E-state index contributed by atoms with van der Waals surface area (Å²) in [6, 6.07) is 0. The highest BCUT2D eigenvalue weighted by Crippen LogP contribution is 2.29. The first kappa shape index (κ1) is 18.9. The van der Waals surface area contributed by atoms with Crippen LogP contribution in [0, 0.1) is 0 Å². The third-order valence-electron chi connectivity index (χ3n) is 3.95. The molecule has 0 radical (unpaired) electrons. The maximum atomic E-state index is 9.85.